The van der Waals surface area contributed by atoms with Gasteiger partial charge in [-0.15, -0.1) is 11.3 Å². The Bertz CT molecular complexity index is 557. The van der Waals surface area contributed by atoms with Gasteiger partial charge in [0.1, 0.15) is 10.9 Å². The minimum absolute atomic E-state index is 0.0968. The van der Waals surface area contributed by atoms with Crippen molar-refractivity contribution in [2.24, 2.45) is 5.92 Å². The minimum atomic E-state index is -0.877. The number of fused-ring (bicyclic) bond motifs is 1. The number of carbonyl (C=O) groups is 2. The number of likely N-dealkylation sites (tertiary alicyclic amines) is 1. The third-order valence-electron chi connectivity index (χ3n) is 4.67. The van der Waals surface area contributed by atoms with Crippen molar-refractivity contribution in [3.8, 4) is 0 Å². The molecule has 2 fully saturated rings. The van der Waals surface area contributed by atoms with Crippen LogP contribution in [0.15, 0.2) is 6.20 Å². The number of thiazole rings is 1. The van der Waals surface area contributed by atoms with Crippen LogP contribution in [0.4, 0.5) is 0 Å². The summed E-state index contributed by atoms with van der Waals surface area (Å²) < 4.78 is 0. The van der Waals surface area contributed by atoms with Gasteiger partial charge in [-0.25, -0.2) is 9.78 Å². The highest BCUT2D eigenvalue weighted by molar-refractivity contribution is 7.13. The molecule has 1 saturated carbocycles. The lowest BCUT2D eigenvalue weighted by Gasteiger charge is -2.32. The highest BCUT2D eigenvalue weighted by Crippen LogP contribution is 2.40. The van der Waals surface area contributed by atoms with Crippen LogP contribution in [0.2, 0.25) is 0 Å². The number of hydrogen-bond donors (Lipinski definition) is 1. The fourth-order valence-electron chi connectivity index (χ4n) is 3.67. The molecule has 1 amide bonds. The molecule has 1 N–H and O–H groups in total. The number of aryl methyl sites for hydroxylation is 1. The number of hydrogen-bond acceptors (Lipinski definition) is 4. The van der Waals surface area contributed by atoms with E-state index in [1.165, 1.54) is 11.3 Å². The lowest BCUT2D eigenvalue weighted by Crippen LogP contribution is -2.46. The number of amides is 1. The summed E-state index contributed by atoms with van der Waals surface area (Å²) in [6, 6.07) is -0.572. The average molecular weight is 308 g/mol. The SMILES string of the molecule is CCc1ncc(C(=O)N2[C@H](C(=O)O)C[C@@H]3CCCC[C@@H]32)s1. The smallest absolute Gasteiger partial charge is 0.326 e. The van der Waals surface area contributed by atoms with Crippen molar-refractivity contribution in [2.75, 3.05) is 0 Å². The number of carbonyl (C=O) groups excluding carboxylic acids is 1. The molecule has 3 rings (SSSR count). The zero-order valence-corrected chi connectivity index (χ0v) is 12.9. The van der Waals surface area contributed by atoms with Gasteiger partial charge in [-0.3, -0.25) is 4.79 Å². The molecule has 1 aliphatic heterocycles. The molecule has 0 bridgehead atoms. The molecule has 0 spiro atoms. The Balaban J connectivity index is 1.88. The Morgan fingerprint density at radius 3 is 2.86 bits per heavy atom. The molecule has 0 aromatic carbocycles. The third-order valence-corrected chi connectivity index (χ3v) is 5.80. The van der Waals surface area contributed by atoms with Crippen LogP contribution in [0.25, 0.3) is 0 Å². The normalized spacial score (nSPS) is 28.4. The highest BCUT2D eigenvalue weighted by atomic mass is 32.1. The molecule has 0 unspecified atom stereocenters. The number of aromatic nitrogens is 1. The summed E-state index contributed by atoms with van der Waals surface area (Å²) in [6.45, 7) is 2.00. The molecule has 2 heterocycles. The molecule has 2 aliphatic rings. The lowest BCUT2D eigenvalue weighted by atomic mass is 9.85. The Kier molecular flexibility index (Phi) is 3.97. The molecule has 1 saturated heterocycles. The van der Waals surface area contributed by atoms with Gasteiger partial charge in [-0.2, -0.15) is 0 Å². The predicted octanol–water partition coefficient (Wildman–Crippen LogP) is 2.56. The van der Waals surface area contributed by atoms with Gasteiger partial charge in [0, 0.05) is 6.04 Å². The summed E-state index contributed by atoms with van der Waals surface area (Å²) >= 11 is 1.39. The molecule has 0 radical (unpaired) electrons. The molecule has 1 aromatic heterocycles. The number of rotatable bonds is 3. The van der Waals surface area contributed by atoms with E-state index in [0.29, 0.717) is 17.2 Å². The Morgan fingerprint density at radius 1 is 1.43 bits per heavy atom. The molecular weight excluding hydrogens is 288 g/mol. The summed E-state index contributed by atoms with van der Waals surface area (Å²) in [4.78, 5) is 30.8. The lowest BCUT2D eigenvalue weighted by molar-refractivity contribution is -0.141. The van der Waals surface area contributed by atoms with Gasteiger partial charge in [-0.05, 0) is 31.6 Å². The summed E-state index contributed by atoms with van der Waals surface area (Å²) in [6.07, 6.45) is 7.20. The summed E-state index contributed by atoms with van der Waals surface area (Å²) in [5.74, 6) is -0.672. The first-order valence-electron chi connectivity index (χ1n) is 7.62. The third kappa shape index (κ3) is 2.57. The van der Waals surface area contributed by atoms with E-state index in [9.17, 15) is 14.7 Å². The van der Waals surface area contributed by atoms with Crippen LogP contribution in [0.5, 0.6) is 0 Å². The largest absolute Gasteiger partial charge is 0.480 e. The Labute approximate surface area is 128 Å². The van der Waals surface area contributed by atoms with Gasteiger partial charge in [-0.1, -0.05) is 19.8 Å². The first kappa shape index (κ1) is 14.5. The topological polar surface area (TPSA) is 70.5 Å². The van der Waals surface area contributed by atoms with Gasteiger partial charge in [0.15, 0.2) is 0 Å². The van der Waals surface area contributed by atoms with E-state index in [2.05, 4.69) is 4.98 Å². The maximum Gasteiger partial charge on any atom is 0.326 e. The molecule has 6 heteroatoms. The number of aliphatic carboxylic acids is 1. The molecule has 5 nitrogen and oxygen atoms in total. The maximum absolute atomic E-state index is 12.8. The van der Waals surface area contributed by atoms with Gasteiger partial charge in [0.25, 0.3) is 5.91 Å². The minimum Gasteiger partial charge on any atom is -0.480 e. The molecule has 3 atom stereocenters. The second kappa shape index (κ2) is 5.75. The number of nitrogens with zero attached hydrogens (tertiary/aromatic N) is 2. The highest BCUT2D eigenvalue weighted by Gasteiger charge is 2.47. The van der Waals surface area contributed by atoms with Crippen molar-refractivity contribution < 1.29 is 14.7 Å². The molecule has 1 aliphatic carbocycles. The van der Waals surface area contributed by atoms with E-state index in [0.717, 1.165) is 37.1 Å². The Morgan fingerprint density at radius 2 is 2.19 bits per heavy atom. The van der Waals surface area contributed by atoms with Gasteiger partial charge < -0.3 is 10.0 Å². The molecule has 1 aromatic rings. The van der Waals surface area contributed by atoms with Crippen LogP contribution >= 0.6 is 11.3 Å². The van der Waals surface area contributed by atoms with Gasteiger partial charge >= 0.3 is 5.97 Å². The van der Waals surface area contributed by atoms with Crippen molar-refractivity contribution in [2.45, 2.75) is 57.5 Å². The van der Waals surface area contributed by atoms with Crippen molar-refractivity contribution >= 4 is 23.2 Å². The quantitative estimate of drug-likeness (QED) is 0.931. The fourth-order valence-corrected chi connectivity index (χ4v) is 4.47. The van der Waals surface area contributed by atoms with Crippen molar-refractivity contribution in [3.63, 3.8) is 0 Å². The van der Waals surface area contributed by atoms with Crippen LogP contribution in [-0.4, -0.2) is 39.0 Å². The van der Waals surface area contributed by atoms with Crippen LogP contribution in [0.3, 0.4) is 0 Å². The monoisotopic (exact) mass is 308 g/mol. The second-order valence-electron chi connectivity index (χ2n) is 5.89. The fraction of sp³-hybridized carbons (Fsp3) is 0.667. The summed E-state index contributed by atoms with van der Waals surface area (Å²) in [5.41, 5.74) is 0. The van der Waals surface area contributed by atoms with E-state index in [4.69, 9.17) is 0 Å². The zero-order valence-electron chi connectivity index (χ0n) is 12.1. The first-order valence-corrected chi connectivity index (χ1v) is 8.43. The molecule has 114 valence electrons. The first-order chi connectivity index (χ1) is 10.1. The van der Waals surface area contributed by atoms with E-state index < -0.39 is 12.0 Å². The van der Waals surface area contributed by atoms with Crippen LogP contribution in [0, 0.1) is 5.92 Å². The van der Waals surface area contributed by atoms with E-state index >= 15 is 0 Å². The van der Waals surface area contributed by atoms with Gasteiger partial charge in [0.05, 0.1) is 11.2 Å². The average Bonchev–Trinajstić information content (AvgIpc) is 3.11. The Hall–Kier alpha value is -1.43. The van der Waals surface area contributed by atoms with Crippen LogP contribution in [-0.2, 0) is 11.2 Å². The van der Waals surface area contributed by atoms with Crippen molar-refractivity contribution in [1.29, 1.82) is 0 Å². The van der Waals surface area contributed by atoms with Crippen LogP contribution in [0.1, 0.15) is 53.7 Å². The van der Waals surface area contributed by atoms with E-state index in [1.807, 2.05) is 6.92 Å². The maximum atomic E-state index is 12.8. The summed E-state index contributed by atoms with van der Waals surface area (Å²) in [7, 11) is 0. The summed E-state index contributed by atoms with van der Waals surface area (Å²) in [5, 5.41) is 10.4. The zero-order chi connectivity index (χ0) is 15.0. The van der Waals surface area contributed by atoms with Crippen molar-refractivity contribution in [1.82, 2.24) is 9.88 Å². The number of carboxylic acid groups (broad SMARTS) is 1. The van der Waals surface area contributed by atoms with Crippen LogP contribution < -0.4 is 0 Å². The van der Waals surface area contributed by atoms with E-state index in [-0.39, 0.29) is 11.9 Å². The molecule has 21 heavy (non-hydrogen) atoms. The van der Waals surface area contributed by atoms with E-state index in [1.54, 1.807) is 11.1 Å². The number of carboxylic acids is 1. The standard InChI is InChI=1S/C15H20N2O3S/c1-2-13-16-8-12(21-13)14(18)17-10-6-4-3-5-9(10)7-11(17)15(19)20/h8-11H,2-7H2,1H3,(H,19,20)/t9-,10-,11-/m0/s1. The molecular formula is C15H20N2O3S. The van der Waals surface area contributed by atoms with Gasteiger partial charge in [0.2, 0.25) is 0 Å². The van der Waals surface area contributed by atoms with Crippen molar-refractivity contribution in [3.05, 3.63) is 16.1 Å². The second-order valence-corrected chi connectivity index (χ2v) is 7.00. The predicted molar refractivity (Wildman–Crippen MR) is 79.4 cm³/mol.